The lowest BCUT2D eigenvalue weighted by Crippen LogP contribution is -2.35. The van der Waals surface area contributed by atoms with Gasteiger partial charge in [0.2, 0.25) is 15.9 Å². The molecule has 0 aliphatic carbocycles. The Bertz CT molecular complexity index is 858. The Labute approximate surface area is 158 Å². The van der Waals surface area contributed by atoms with E-state index in [0.717, 1.165) is 8.78 Å². The predicted octanol–water partition coefficient (Wildman–Crippen LogP) is 4.02. The normalized spacial score (nSPS) is 11.5. The van der Waals surface area contributed by atoms with Crippen molar-refractivity contribution in [2.75, 3.05) is 18.9 Å². The maximum Gasteiger partial charge on any atom is 0.243 e. The Kier molecular flexibility index (Phi) is 6.28. The van der Waals surface area contributed by atoms with Crippen molar-refractivity contribution in [3.05, 3.63) is 57.0 Å². The predicted molar refractivity (Wildman–Crippen MR) is 99.0 cm³/mol. The van der Waals surface area contributed by atoms with Crippen LogP contribution < -0.4 is 5.32 Å². The molecule has 1 N–H and O–H groups in total. The summed E-state index contributed by atoms with van der Waals surface area (Å²) < 4.78 is 26.6. The first kappa shape index (κ1) is 19.2. The number of hydrogen-bond acceptors (Lipinski definition) is 3. The van der Waals surface area contributed by atoms with Crippen LogP contribution in [0.5, 0.6) is 0 Å². The topological polar surface area (TPSA) is 66.5 Å². The summed E-state index contributed by atoms with van der Waals surface area (Å²) in [6.45, 7) is -0.360. The molecule has 0 aliphatic heterocycles. The highest BCUT2D eigenvalue weighted by atomic mass is 79.9. The molecular weight excluding hydrogens is 439 g/mol. The van der Waals surface area contributed by atoms with Gasteiger partial charge in [0, 0.05) is 16.5 Å². The standard InChI is InChI=1S/C15H13BrCl2N2O3S/c1-20(24(22,23)12-5-2-10(16)3-6-12)9-15(21)19-14-8-11(17)4-7-13(14)18/h2-8H,9H2,1H3,(H,19,21). The average Bonchev–Trinajstić information content (AvgIpc) is 2.51. The van der Waals surface area contributed by atoms with Crippen LogP contribution >= 0.6 is 39.1 Å². The summed E-state index contributed by atoms with van der Waals surface area (Å²) in [4.78, 5) is 12.2. The fourth-order valence-electron chi connectivity index (χ4n) is 1.86. The van der Waals surface area contributed by atoms with Crippen molar-refractivity contribution in [3.8, 4) is 0 Å². The molecule has 128 valence electrons. The summed E-state index contributed by atoms with van der Waals surface area (Å²) in [5.41, 5.74) is 0.323. The van der Waals surface area contributed by atoms with Crippen molar-refractivity contribution < 1.29 is 13.2 Å². The van der Waals surface area contributed by atoms with E-state index in [2.05, 4.69) is 21.2 Å². The van der Waals surface area contributed by atoms with Gasteiger partial charge >= 0.3 is 0 Å². The highest BCUT2D eigenvalue weighted by molar-refractivity contribution is 9.10. The maximum atomic E-state index is 12.4. The van der Waals surface area contributed by atoms with Gasteiger partial charge in [0.1, 0.15) is 0 Å². The number of carbonyl (C=O) groups is 1. The Morgan fingerprint density at radius 2 is 1.79 bits per heavy atom. The van der Waals surface area contributed by atoms with E-state index in [1.165, 1.54) is 25.2 Å². The van der Waals surface area contributed by atoms with Crippen molar-refractivity contribution in [1.29, 1.82) is 0 Å². The van der Waals surface area contributed by atoms with E-state index in [1.807, 2.05) is 0 Å². The number of benzene rings is 2. The van der Waals surface area contributed by atoms with Gasteiger partial charge in [0.25, 0.3) is 0 Å². The minimum atomic E-state index is -3.77. The second kappa shape index (κ2) is 7.84. The zero-order valence-electron chi connectivity index (χ0n) is 12.5. The SMILES string of the molecule is CN(CC(=O)Nc1cc(Cl)ccc1Cl)S(=O)(=O)c1ccc(Br)cc1. The zero-order chi connectivity index (χ0) is 17.9. The van der Waals surface area contributed by atoms with Crippen LogP contribution in [0.2, 0.25) is 10.0 Å². The van der Waals surface area contributed by atoms with Gasteiger partial charge in [-0.15, -0.1) is 0 Å². The Morgan fingerprint density at radius 1 is 1.17 bits per heavy atom. The van der Waals surface area contributed by atoms with Crippen LogP contribution in [-0.4, -0.2) is 32.2 Å². The summed E-state index contributed by atoms with van der Waals surface area (Å²) in [6, 6.07) is 10.8. The molecule has 0 saturated heterocycles. The van der Waals surface area contributed by atoms with Gasteiger partial charge in [-0.05, 0) is 42.5 Å². The molecule has 0 bridgehead atoms. The Balaban J connectivity index is 2.10. The van der Waals surface area contributed by atoms with Crippen LogP contribution in [0.3, 0.4) is 0 Å². The van der Waals surface area contributed by atoms with Crippen molar-refractivity contribution >= 4 is 60.7 Å². The number of sulfonamides is 1. The number of rotatable bonds is 5. The molecule has 0 heterocycles. The quantitative estimate of drug-likeness (QED) is 0.746. The summed E-state index contributed by atoms with van der Waals surface area (Å²) >= 11 is 15.1. The molecule has 0 spiro atoms. The number of carbonyl (C=O) groups excluding carboxylic acids is 1. The van der Waals surface area contributed by atoms with Crippen LogP contribution in [0.25, 0.3) is 0 Å². The van der Waals surface area contributed by atoms with Gasteiger partial charge in [0.05, 0.1) is 22.2 Å². The molecule has 2 aromatic carbocycles. The first-order chi connectivity index (χ1) is 11.2. The smallest absolute Gasteiger partial charge is 0.243 e. The van der Waals surface area contributed by atoms with Crippen LogP contribution in [-0.2, 0) is 14.8 Å². The first-order valence-electron chi connectivity index (χ1n) is 6.67. The fraction of sp³-hybridized carbons (Fsp3) is 0.133. The summed E-state index contributed by atoms with van der Waals surface area (Å²) in [5.74, 6) is -0.526. The minimum Gasteiger partial charge on any atom is -0.324 e. The lowest BCUT2D eigenvalue weighted by Gasteiger charge is -2.17. The monoisotopic (exact) mass is 450 g/mol. The molecule has 24 heavy (non-hydrogen) atoms. The van der Waals surface area contributed by atoms with E-state index in [4.69, 9.17) is 23.2 Å². The molecule has 1 amide bonds. The lowest BCUT2D eigenvalue weighted by molar-refractivity contribution is -0.116. The molecule has 0 unspecified atom stereocenters. The van der Waals surface area contributed by atoms with E-state index in [9.17, 15) is 13.2 Å². The maximum absolute atomic E-state index is 12.4. The number of nitrogens with zero attached hydrogens (tertiary/aromatic N) is 1. The van der Waals surface area contributed by atoms with E-state index in [-0.39, 0.29) is 11.4 Å². The number of halogens is 3. The Morgan fingerprint density at radius 3 is 2.42 bits per heavy atom. The zero-order valence-corrected chi connectivity index (χ0v) is 16.4. The second-order valence-electron chi connectivity index (χ2n) is 4.89. The van der Waals surface area contributed by atoms with Gasteiger partial charge in [-0.2, -0.15) is 4.31 Å². The molecule has 5 nitrogen and oxygen atoms in total. The third kappa shape index (κ3) is 4.70. The largest absolute Gasteiger partial charge is 0.324 e. The van der Waals surface area contributed by atoms with Crippen LogP contribution in [0.1, 0.15) is 0 Å². The molecule has 0 aromatic heterocycles. The van der Waals surface area contributed by atoms with Crippen molar-refractivity contribution in [3.63, 3.8) is 0 Å². The van der Waals surface area contributed by atoms with Crippen LogP contribution in [0, 0.1) is 0 Å². The van der Waals surface area contributed by atoms with E-state index < -0.39 is 15.9 Å². The van der Waals surface area contributed by atoms with Gasteiger partial charge in [-0.25, -0.2) is 8.42 Å². The third-order valence-corrected chi connectivity index (χ3v) is 6.00. The lowest BCUT2D eigenvalue weighted by atomic mass is 10.3. The van der Waals surface area contributed by atoms with E-state index in [0.29, 0.717) is 15.7 Å². The van der Waals surface area contributed by atoms with Crippen molar-refractivity contribution in [2.45, 2.75) is 4.90 Å². The average molecular weight is 452 g/mol. The second-order valence-corrected chi connectivity index (χ2v) is 8.69. The number of hydrogen-bond donors (Lipinski definition) is 1. The van der Waals surface area contributed by atoms with E-state index >= 15 is 0 Å². The summed E-state index contributed by atoms with van der Waals surface area (Å²) in [5, 5.41) is 3.26. The molecule has 0 atom stereocenters. The first-order valence-corrected chi connectivity index (χ1v) is 9.66. The number of nitrogens with one attached hydrogen (secondary N) is 1. The van der Waals surface area contributed by atoms with Gasteiger partial charge < -0.3 is 5.32 Å². The van der Waals surface area contributed by atoms with E-state index in [1.54, 1.807) is 24.3 Å². The van der Waals surface area contributed by atoms with Crippen LogP contribution in [0.4, 0.5) is 5.69 Å². The summed E-state index contributed by atoms with van der Waals surface area (Å²) in [7, 11) is -2.44. The van der Waals surface area contributed by atoms with Gasteiger partial charge in [-0.1, -0.05) is 39.1 Å². The van der Waals surface area contributed by atoms with Gasteiger partial charge in [0.15, 0.2) is 0 Å². The highest BCUT2D eigenvalue weighted by Gasteiger charge is 2.23. The molecule has 2 aromatic rings. The molecule has 0 saturated carbocycles. The third-order valence-electron chi connectivity index (χ3n) is 3.09. The van der Waals surface area contributed by atoms with Crippen molar-refractivity contribution in [1.82, 2.24) is 4.31 Å². The molecule has 2 rings (SSSR count). The molecular formula is C15H13BrCl2N2O3S. The number of likely N-dealkylation sites (N-methyl/N-ethyl adjacent to an activating group) is 1. The number of anilines is 1. The minimum absolute atomic E-state index is 0.0989. The molecule has 9 heteroatoms. The molecule has 0 fully saturated rings. The Hall–Kier alpha value is -1.12. The molecule has 0 radical (unpaired) electrons. The number of amides is 1. The van der Waals surface area contributed by atoms with Gasteiger partial charge in [-0.3, -0.25) is 4.79 Å². The van der Waals surface area contributed by atoms with Crippen LogP contribution in [0.15, 0.2) is 51.8 Å². The highest BCUT2D eigenvalue weighted by Crippen LogP contribution is 2.25. The summed E-state index contributed by atoms with van der Waals surface area (Å²) in [6.07, 6.45) is 0. The van der Waals surface area contributed by atoms with Crippen molar-refractivity contribution in [2.24, 2.45) is 0 Å². The molecule has 0 aliphatic rings. The fourth-order valence-corrected chi connectivity index (χ4v) is 3.59.